The highest BCUT2D eigenvalue weighted by molar-refractivity contribution is 5.87. The molecule has 2 aliphatic rings. The van der Waals surface area contributed by atoms with Gasteiger partial charge in [0.15, 0.2) is 0 Å². The van der Waals surface area contributed by atoms with E-state index in [1.807, 2.05) is 0 Å². The predicted octanol–water partition coefficient (Wildman–Crippen LogP) is 2.95. The second-order valence-electron chi connectivity index (χ2n) is 5.95. The Hall–Kier alpha value is -1.77. The number of hydrogen-bond donors (Lipinski definition) is 1. The number of H-pyrrole nitrogens is 1. The van der Waals surface area contributed by atoms with Gasteiger partial charge in [0.2, 0.25) is 5.91 Å². The van der Waals surface area contributed by atoms with E-state index in [2.05, 4.69) is 41.1 Å². The van der Waals surface area contributed by atoms with Crippen LogP contribution in [-0.4, -0.2) is 22.3 Å². The molecule has 0 aliphatic carbocycles. The number of amides is 1. The van der Waals surface area contributed by atoms with Gasteiger partial charge in [-0.05, 0) is 37.8 Å². The van der Waals surface area contributed by atoms with Gasteiger partial charge in [-0.1, -0.05) is 18.2 Å². The van der Waals surface area contributed by atoms with Crippen LogP contribution >= 0.6 is 0 Å². The van der Waals surface area contributed by atoms with E-state index in [0.29, 0.717) is 12.3 Å². The molecule has 0 unspecified atom stereocenters. The topological polar surface area (TPSA) is 36.1 Å². The van der Waals surface area contributed by atoms with Crippen molar-refractivity contribution >= 4 is 16.8 Å². The molecular weight excluding hydrogens is 236 g/mol. The van der Waals surface area contributed by atoms with Gasteiger partial charge < -0.3 is 9.88 Å². The first-order chi connectivity index (χ1) is 9.20. The Kier molecular flexibility index (Phi) is 2.12. The molecule has 98 valence electrons. The molecule has 1 fully saturated rings. The lowest BCUT2D eigenvalue weighted by molar-refractivity contribution is -0.142. The molecule has 1 N–H and O–H groups in total. The van der Waals surface area contributed by atoms with Crippen LogP contribution in [0.3, 0.4) is 0 Å². The van der Waals surface area contributed by atoms with Crippen LogP contribution in [0.15, 0.2) is 24.3 Å². The maximum Gasteiger partial charge on any atom is 0.223 e. The van der Waals surface area contributed by atoms with E-state index < -0.39 is 0 Å². The van der Waals surface area contributed by atoms with Crippen molar-refractivity contribution in [2.24, 2.45) is 0 Å². The molecule has 3 nitrogen and oxygen atoms in total. The zero-order chi connectivity index (χ0) is 13.0. The second-order valence-corrected chi connectivity index (χ2v) is 5.95. The van der Waals surface area contributed by atoms with E-state index in [0.717, 1.165) is 25.8 Å². The standard InChI is InChI=1S/C16H18N2O/c1-16-9-4-7-14(19)18(16)10-8-12-11-5-2-3-6-13(11)17-15(12)16/h2-3,5-6,17H,4,7-10H2,1H3/t16-/m1/s1. The third kappa shape index (κ3) is 1.36. The van der Waals surface area contributed by atoms with Gasteiger partial charge in [-0.3, -0.25) is 4.79 Å². The number of rotatable bonds is 0. The molecule has 1 amide bonds. The van der Waals surface area contributed by atoms with Gasteiger partial charge in [0.1, 0.15) is 0 Å². The van der Waals surface area contributed by atoms with Gasteiger partial charge in [-0.15, -0.1) is 0 Å². The minimum atomic E-state index is -0.123. The van der Waals surface area contributed by atoms with Gasteiger partial charge in [0.25, 0.3) is 0 Å². The Balaban J connectivity index is 1.96. The molecule has 1 aromatic carbocycles. The Morgan fingerprint density at radius 1 is 1.26 bits per heavy atom. The van der Waals surface area contributed by atoms with Gasteiger partial charge >= 0.3 is 0 Å². The molecule has 1 aromatic heterocycles. The molecule has 2 aliphatic heterocycles. The number of hydrogen-bond acceptors (Lipinski definition) is 1. The summed E-state index contributed by atoms with van der Waals surface area (Å²) in [5, 5.41) is 1.33. The number of para-hydroxylation sites is 1. The summed E-state index contributed by atoms with van der Waals surface area (Å²) in [5.41, 5.74) is 3.77. The second kappa shape index (κ2) is 3.62. The molecule has 3 heterocycles. The fraction of sp³-hybridized carbons (Fsp3) is 0.438. The molecule has 0 bridgehead atoms. The Morgan fingerprint density at radius 3 is 3.00 bits per heavy atom. The number of aromatic nitrogens is 1. The summed E-state index contributed by atoms with van der Waals surface area (Å²) in [6, 6.07) is 8.48. The normalized spacial score (nSPS) is 26.4. The van der Waals surface area contributed by atoms with E-state index in [4.69, 9.17) is 0 Å². The predicted molar refractivity (Wildman–Crippen MR) is 74.9 cm³/mol. The monoisotopic (exact) mass is 254 g/mol. The first-order valence-corrected chi connectivity index (χ1v) is 7.11. The highest BCUT2D eigenvalue weighted by Gasteiger charge is 2.44. The Labute approximate surface area is 112 Å². The third-order valence-electron chi connectivity index (χ3n) is 4.89. The van der Waals surface area contributed by atoms with Crippen LogP contribution in [0.4, 0.5) is 0 Å². The number of aromatic amines is 1. The molecule has 1 saturated heterocycles. The smallest absolute Gasteiger partial charge is 0.223 e. The number of carbonyl (C=O) groups excluding carboxylic acids is 1. The molecule has 0 spiro atoms. The lowest BCUT2D eigenvalue weighted by Gasteiger charge is -2.47. The van der Waals surface area contributed by atoms with Crippen molar-refractivity contribution in [1.82, 2.24) is 9.88 Å². The largest absolute Gasteiger partial charge is 0.356 e. The number of piperidine rings is 1. The van der Waals surface area contributed by atoms with Crippen LogP contribution in [-0.2, 0) is 16.8 Å². The zero-order valence-electron chi connectivity index (χ0n) is 11.2. The van der Waals surface area contributed by atoms with Gasteiger partial charge in [0, 0.05) is 29.6 Å². The number of nitrogens with zero attached hydrogens (tertiary/aromatic N) is 1. The summed E-state index contributed by atoms with van der Waals surface area (Å²) in [6.45, 7) is 3.08. The lowest BCUT2D eigenvalue weighted by Crippen LogP contribution is -2.54. The van der Waals surface area contributed by atoms with Crippen molar-refractivity contribution in [3.8, 4) is 0 Å². The van der Waals surface area contributed by atoms with Crippen molar-refractivity contribution < 1.29 is 4.79 Å². The van der Waals surface area contributed by atoms with Crippen molar-refractivity contribution in [3.63, 3.8) is 0 Å². The van der Waals surface area contributed by atoms with Gasteiger partial charge in [0.05, 0.1) is 5.54 Å². The van der Waals surface area contributed by atoms with E-state index in [-0.39, 0.29) is 5.54 Å². The Morgan fingerprint density at radius 2 is 2.11 bits per heavy atom. The number of fused-ring (bicyclic) bond motifs is 5. The molecule has 3 heteroatoms. The average molecular weight is 254 g/mol. The highest BCUT2D eigenvalue weighted by Crippen LogP contribution is 2.44. The first kappa shape index (κ1) is 11.1. The average Bonchev–Trinajstić information content (AvgIpc) is 2.79. The number of benzene rings is 1. The Bertz CT molecular complexity index is 672. The van der Waals surface area contributed by atoms with E-state index in [9.17, 15) is 4.79 Å². The van der Waals surface area contributed by atoms with Crippen LogP contribution in [0.2, 0.25) is 0 Å². The molecule has 0 radical (unpaired) electrons. The minimum Gasteiger partial charge on any atom is -0.356 e. The van der Waals surface area contributed by atoms with Crippen molar-refractivity contribution in [3.05, 3.63) is 35.5 Å². The quantitative estimate of drug-likeness (QED) is 0.771. The summed E-state index contributed by atoms with van der Waals surface area (Å²) in [5.74, 6) is 0.318. The van der Waals surface area contributed by atoms with Crippen LogP contribution in [0.25, 0.3) is 10.9 Å². The first-order valence-electron chi connectivity index (χ1n) is 7.11. The minimum absolute atomic E-state index is 0.123. The summed E-state index contributed by atoms with van der Waals surface area (Å²) in [4.78, 5) is 17.8. The fourth-order valence-corrected chi connectivity index (χ4v) is 3.90. The summed E-state index contributed by atoms with van der Waals surface area (Å²) in [6.07, 6.45) is 3.75. The van der Waals surface area contributed by atoms with Crippen LogP contribution < -0.4 is 0 Å². The molecule has 19 heavy (non-hydrogen) atoms. The molecule has 2 aromatic rings. The zero-order valence-corrected chi connectivity index (χ0v) is 11.2. The number of nitrogens with one attached hydrogen (secondary N) is 1. The molecule has 0 saturated carbocycles. The van der Waals surface area contributed by atoms with Crippen molar-refractivity contribution in [1.29, 1.82) is 0 Å². The third-order valence-corrected chi connectivity index (χ3v) is 4.89. The van der Waals surface area contributed by atoms with Crippen molar-refractivity contribution in [2.75, 3.05) is 6.54 Å². The molecule has 4 rings (SSSR count). The molecule has 1 atom stereocenters. The maximum atomic E-state index is 12.2. The van der Waals surface area contributed by atoms with Gasteiger partial charge in [-0.25, -0.2) is 0 Å². The molecular formula is C16H18N2O. The summed E-state index contributed by atoms with van der Waals surface area (Å²) >= 11 is 0. The van der Waals surface area contributed by atoms with Gasteiger partial charge in [-0.2, -0.15) is 0 Å². The van der Waals surface area contributed by atoms with Crippen LogP contribution in [0, 0.1) is 0 Å². The fourth-order valence-electron chi connectivity index (χ4n) is 3.90. The van der Waals surface area contributed by atoms with Crippen LogP contribution in [0.5, 0.6) is 0 Å². The van der Waals surface area contributed by atoms with E-state index >= 15 is 0 Å². The summed E-state index contributed by atoms with van der Waals surface area (Å²) in [7, 11) is 0. The number of carbonyl (C=O) groups is 1. The maximum absolute atomic E-state index is 12.2. The lowest BCUT2D eigenvalue weighted by atomic mass is 9.79. The van der Waals surface area contributed by atoms with E-state index in [1.165, 1.54) is 22.2 Å². The van der Waals surface area contributed by atoms with Crippen LogP contribution in [0.1, 0.15) is 37.4 Å². The van der Waals surface area contributed by atoms with E-state index in [1.54, 1.807) is 0 Å². The highest BCUT2D eigenvalue weighted by atomic mass is 16.2. The summed E-state index contributed by atoms with van der Waals surface area (Å²) < 4.78 is 0. The SMILES string of the molecule is C[C@]12CCCC(=O)N1CCc1c2[nH]c2ccccc12. The van der Waals surface area contributed by atoms with Crippen molar-refractivity contribution in [2.45, 2.75) is 38.1 Å².